The summed E-state index contributed by atoms with van der Waals surface area (Å²) in [7, 11) is 0. The van der Waals surface area contributed by atoms with Crippen LogP contribution in [0.25, 0.3) is 10.2 Å². The van der Waals surface area contributed by atoms with Crippen molar-refractivity contribution >= 4 is 45.2 Å². The van der Waals surface area contributed by atoms with Crippen molar-refractivity contribution in [1.82, 2.24) is 15.3 Å². The van der Waals surface area contributed by atoms with Crippen molar-refractivity contribution in [3.8, 4) is 0 Å². The quantitative estimate of drug-likeness (QED) is 0.734. The van der Waals surface area contributed by atoms with Gasteiger partial charge in [-0.2, -0.15) is 4.98 Å². The fourth-order valence-electron chi connectivity index (χ4n) is 4.47. The van der Waals surface area contributed by atoms with Crippen molar-refractivity contribution in [1.29, 1.82) is 0 Å². The molecule has 2 fully saturated rings. The molecule has 2 aromatic heterocycles. The van der Waals surface area contributed by atoms with Crippen LogP contribution in [0.4, 0.5) is 17.5 Å². The van der Waals surface area contributed by atoms with Crippen LogP contribution in [0, 0.1) is 0 Å². The van der Waals surface area contributed by atoms with Gasteiger partial charge in [0.05, 0.1) is 16.8 Å². The Labute approximate surface area is 161 Å². The molecule has 27 heavy (non-hydrogen) atoms. The van der Waals surface area contributed by atoms with E-state index in [-0.39, 0.29) is 0 Å². The second-order valence-corrected chi connectivity index (χ2v) is 8.38. The average Bonchev–Trinajstić information content (AvgIpc) is 3.39. The summed E-state index contributed by atoms with van der Waals surface area (Å²) in [5, 5.41) is 9.17. The minimum absolute atomic E-state index is 0.504. The van der Waals surface area contributed by atoms with Gasteiger partial charge >= 0.3 is 0 Å². The van der Waals surface area contributed by atoms with Gasteiger partial charge in [-0.3, -0.25) is 4.99 Å². The van der Waals surface area contributed by atoms with Gasteiger partial charge in [0.25, 0.3) is 0 Å². The Morgan fingerprint density at radius 3 is 2.89 bits per heavy atom. The fraction of sp³-hybridized carbons (Fsp3) is 0.350. The number of anilines is 3. The summed E-state index contributed by atoms with van der Waals surface area (Å²) in [5.74, 6) is 1.76. The number of nitrogens with one attached hydrogen (secondary N) is 2. The smallest absolute Gasteiger partial charge is 0.228 e. The van der Waals surface area contributed by atoms with Crippen molar-refractivity contribution in [3.63, 3.8) is 0 Å². The molecule has 3 aliphatic rings. The topological polar surface area (TPSA) is 65.4 Å². The predicted molar refractivity (Wildman–Crippen MR) is 111 cm³/mol. The minimum Gasteiger partial charge on any atom is -0.339 e. The third-order valence-corrected chi connectivity index (χ3v) is 6.71. The number of rotatable bonds is 3. The van der Waals surface area contributed by atoms with Crippen LogP contribution >= 0.6 is 11.3 Å². The molecule has 2 N–H and O–H groups in total. The molecule has 2 unspecified atom stereocenters. The number of fused-ring (bicyclic) bond motifs is 4. The standard InChI is InChI=1S/C20H20N6S/c1-2-14(7-13-9-21-8-12(1)13)23-19-18-17(5-6-27-18)24-20(25-19)26-15-3-4-16(26)11-22-10-15/h1-2,5-7,9,15-16,22H,3-4,8,10-11H2,(H,23,24,25). The number of hydrogen-bond acceptors (Lipinski definition) is 7. The van der Waals surface area contributed by atoms with E-state index < -0.39 is 0 Å². The van der Waals surface area contributed by atoms with E-state index in [4.69, 9.17) is 9.97 Å². The van der Waals surface area contributed by atoms with Gasteiger partial charge in [0.1, 0.15) is 0 Å². The second-order valence-electron chi connectivity index (χ2n) is 7.47. The van der Waals surface area contributed by atoms with Crippen LogP contribution in [0.3, 0.4) is 0 Å². The molecule has 0 saturated carbocycles. The van der Waals surface area contributed by atoms with Crippen LogP contribution in [-0.4, -0.2) is 41.4 Å². The first-order chi connectivity index (χ1) is 13.3. The highest BCUT2D eigenvalue weighted by Gasteiger charge is 2.38. The van der Waals surface area contributed by atoms with E-state index in [2.05, 4.69) is 50.2 Å². The van der Waals surface area contributed by atoms with Gasteiger partial charge in [-0.15, -0.1) is 11.3 Å². The Morgan fingerprint density at radius 2 is 2.00 bits per heavy atom. The number of aliphatic imine (C=N–C) groups is 1. The average molecular weight is 376 g/mol. The number of benzene rings is 1. The molecule has 1 aromatic carbocycles. The third-order valence-electron chi connectivity index (χ3n) is 5.80. The molecule has 0 amide bonds. The first-order valence-electron chi connectivity index (χ1n) is 9.49. The number of piperazine rings is 1. The highest BCUT2D eigenvalue weighted by atomic mass is 32.1. The zero-order valence-corrected chi connectivity index (χ0v) is 15.7. The lowest BCUT2D eigenvalue weighted by molar-refractivity contribution is 0.477. The number of thiophene rings is 1. The molecular weight excluding hydrogens is 356 g/mol. The Hall–Kier alpha value is -2.51. The zero-order valence-electron chi connectivity index (χ0n) is 14.9. The molecule has 7 heteroatoms. The molecule has 0 aliphatic carbocycles. The van der Waals surface area contributed by atoms with Crippen molar-refractivity contribution < 1.29 is 0 Å². The second kappa shape index (κ2) is 6.00. The fourth-order valence-corrected chi connectivity index (χ4v) is 5.25. The van der Waals surface area contributed by atoms with Crippen LogP contribution in [0.1, 0.15) is 24.0 Å². The van der Waals surface area contributed by atoms with Gasteiger partial charge in [0, 0.05) is 37.1 Å². The molecule has 0 spiro atoms. The van der Waals surface area contributed by atoms with Crippen molar-refractivity contribution in [2.24, 2.45) is 4.99 Å². The minimum atomic E-state index is 0.504. The summed E-state index contributed by atoms with van der Waals surface area (Å²) >= 11 is 1.69. The van der Waals surface area contributed by atoms with Gasteiger partial charge in [0.15, 0.2) is 5.82 Å². The van der Waals surface area contributed by atoms with E-state index in [0.717, 1.165) is 47.3 Å². The molecule has 3 aromatic rings. The lowest BCUT2D eigenvalue weighted by atomic mass is 10.1. The van der Waals surface area contributed by atoms with E-state index in [9.17, 15) is 0 Å². The van der Waals surface area contributed by atoms with Crippen molar-refractivity contribution in [2.75, 3.05) is 23.3 Å². The van der Waals surface area contributed by atoms with Crippen LogP contribution in [0.2, 0.25) is 0 Å². The number of nitrogens with zero attached hydrogens (tertiary/aromatic N) is 4. The Morgan fingerprint density at radius 1 is 1.11 bits per heavy atom. The van der Waals surface area contributed by atoms with Crippen LogP contribution in [0.5, 0.6) is 0 Å². The van der Waals surface area contributed by atoms with Gasteiger partial charge in [-0.1, -0.05) is 6.07 Å². The maximum atomic E-state index is 4.98. The summed E-state index contributed by atoms with van der Waals surface area (Å²) in [4.78, 5) is 16.7. The number of aromatic nitrogens is 2. The summed E-state index contributed by atoms with van der Waals surface area (Å²) in [6.07, 6.45) is 4.39. The third kappa shape index (κ3) is 2.53. The van der Waals surface area contributed by atoms with Crippen LogP contribution in [0.15, 0.2) is 34.6 Å². The summed E-state index contributed by atoms with van der Waals surface area (Å²) in [6, 6.07) is 9.52. The predicted octanol–water partition coefficient (Wildman–Crippen LogP) is 3.31. The Bertz CT molecular complexity index is 1040. The molecule has 6 nitrogen and oxygen atoms in total. The van der Waals surface area contributed by atoms with E-state index in [0.29, 0.717) is 12.1 Å². The van der Waals surface area contributed by atoms with Crippen molar-refractivity contribution in [2.45, 2.75) is 31.5 Å². The van der Waals surface area contributed by atoms with Gasteiger partial charge in [0.2, 0.25) is 5.95 Å². The largest absolute Gasteiger partial charge is 0.339 e. The summed E-state index contributed by atoms with van der Waals surface area (Å²) in [5.41, 5.74) is 4.54. The maximum absolute atomic E-state index is 4.98. The van der Waals surface area contributed by atoms with Crippen molar-refractivity contribution in [3.05, 3.63) is 40.8 Å². The lowest BCUT2D eigenvalue weighted by Gasteiger charge is -2.35. The van der Waals surface area contributed by atoms with E-state index >= 15 is 0 Å². The molecule has 3 aliphatic heterocycles. The number of hydrogen-bond donors (Lipinski definition) is 2. The zero-order chi connectivity index (χ0) is 17.8. The van der Waals surface area contributed by atoms with E-state index in [1.54, 1.807) is 11.3 Å². The Kier molecular flexibility index (Phi) is 3.45. The monoisotopic (exact) mass is 376 g/mol. The van der Waals surface area contributed by atoms with Gasteiger partial charge in [-0.05, 0) is 47.5 Å². The molecule has 5 heterocycles. The highest BCUT2D eigenvalue weighted by Crippen LogP contribution is 2.35. The van der Waals surface area contributed by atoms with Gasteiger partial charge in [-0.25, -0.2) is 4.98 Å². The molecule has 2 saturated heterocycles. The van der Waals surface area contributed by atoms with Crippen LogP contribution in [-0.2, 0) is 6.54 Å². The maximum Gasteiger partial charge on any atom is 0.228 e. The summed E-state index contributed by atoms with van der Waals surface area (Å²) in [6.45, 7) is 2.83. The normalized spacial score (nSPS) is 23.2. The first kappa shape index (κ1) is 15.5. The molecule has 136 valence electrons. The van der Waals surface area contributed by atoms with Crippen LogP contribution < -0.4 is 15.5 Å². The first-order valence-corrected chi connectivity index (χ1v) is 10.4. The summed E-state index contributed by atoms with van der Waals surface area (Å²) < 4.78 is 1.11. The van der Waals surface area contributed by atoms with E-state index in [1.165, 1.54) is 24.0 Å². The SMILES string of the molecule is C1=NCc2ccc(Nc3nc(N4C5CCC4CNC5)nc4ccsc34)cc21. The molecular formula is C20H20N6S. The molecule has 6 rings (SSSR count). The highest BCUT2D eigenvalue weighted by molar-refractivity contribution is 7.17. The van der Waals surface area contributed by atoms with Gasteiger partial charge < -0.3 is 15.5 Å². The lowest BCUT2D eigenvalue weighted by Crippen LogP contribution is -2.52. The Balaban J connectivity index is 1.41. The molecule has 2 atom stereocenters. The molecule has 2 bridgehead atoms. The molecule has 0 radical (unpaired) electrons. The van der Waals surface area contributed by atoms with E-state index in [1.807, 2.05) is 6.21 Å².